The molecule has 0 radical (unpaired) electrons. The highest BCUT2D eigenvalue weighted by molar-refractivity contribution is 9.10. The van der Waals surface area contributed by atoms with Gasteiger partial charge in [-0.1, -0.05) is 21.1 Å². The second-order valence-corrected chi connectivity index (χ2v) is 7.77. The Morgan fingerprint density at radius 2 is 1.78 bits per heavy atom. The van der Waals surface area contributed by atoms with Crippen LogP contribution in [-0.4, -0.2) is 22.8 Å². The van der Waals surface area contributed by atoms with Crippen molar-refractivity contribution >= 4 is 27.5 Å². The van der Waals surface area contributed by atoms with Crippen molar-refractivity contribution in [2.24, 2.45) is 0 Å². The number of halogens is 1. The second kappa shape index (κ2) is 8.72. The first kappa shape index (κ1) is 20.1. The molecule has 4 aromatic rings. The molecular formula is C23H16BrN3O5. The zero-order valence-electron chi connectivity index (χ0n) is 16.6. The lowest BCUT2D eigenvalue weighted by atomic mass is 10.1. The van der Waals surface area contributed by atoms with Gasteiger partial charge in [0.25, 0.3) is 11.8 Å². The molecule has 5 rings (SSSR count). The third-order valence-electron chi connectivity index (χ3n) is 4.68. The van der Waals surface area contributed by atoms with Gasteiger partial charge < -0.3 is 24.1 Å². The number of rotatable bonds is 6. The Labute approximate surface area is 191 Å². The number of aromatic nitrogens is 2. The first-order chi connectivity index (χ1) is 15.6. The molecule has 0 unspecified atom stereocenters. The van der Waals surface area contributed by atoms with Crippen LogP contribution in [0.25, 0.3) is 11.4 Å². The molecule has 2 heterocycles. The van der Waals surface area contributed by atoms with Gasteiger partial charge >= 0.3 is 0 Å². The van der Waals surface area contributed by atoms with Crippen LogP contribution in [-0.2, 0) is 6.61 Å². The maximum absolute atomic E-state index is 12.5. The molecule has 8 nitrogen and oxygen atoms in total. The first-order valence-corrected chi connectivity index (χ1v) is 10.5. The third kappa shape index (κ3) is 4.42. The largest absolute Gasteiger partial charge is 0.484 e. The van der Waals surface area contributed by atoms with Gasteiger partial charge in [0.1, 0.15) is 5.75 Å². The van der Waals surface area contributed by atoms with E-state index >= 15 is 0 Å². The van der Waals surface area contributed by atoms with Crippen LogP contribution < -0.4 is 19.5 Å². The van der Waals surface area contributed by atoms with Gasteiger partial charge in [0, 0.05) is 21.3 Å². The minimum atomic E-state index is -0.247. The minimum Gasteiger partial charge on any atom is -0.484 e. The minimum absolute atomic E-state index is 0.163. The number of benzene rings is 3. The van der Waals surface area contributed by atoms with Gasteiger partial charge in [-0.25, -0.2) is 0 Å². The summed E-state index contributed by atoms with van der Waals surface area (Å²) >= 11 is 3.38. The van der Waals surface area contributed by atoms with Gasteiger partial charge in [-0.05, 0) is 66.7 Å². The molecule has 160 valence electrons. The summed E-state index contributed by atoms with van der Waals surface area (Å²) in [5, 5.41) is 6.85. The molecule has 9 heteroatoms. The van der Waals surface area contributed by atoms with E-state index in [2.05, 4.69) is 31.4 Å². The Balaban J connectivity index is 1.21. The second-order valence-electron chi connectivity index (χ2n) is 6.85. The molecule has 0 spiro atoms. The van der Waals surface area contributed by atoms with E-state index in [4.69, 9.17) is 18.7 Å². The normalized spacial score (nSPS) is 11.9. The maximum Gasteiger partial charge on any atom is 0.264 e. The van der Waals surface area contributed by atoms with Crippen LogP contribution in [0, 0.1) is 0 Å². The predicted molar refractivity (Wildman–Crippen MR) is 119 cm³/mol. The van der Waals surface area contributed by atoms with Crippen LogP contribution in [0.3, 0.4) is 0 Å². The van der Waals surface area contributed by atoms with Crippen LogP contribution in [0.4, 0.5) is 5.69 Å². The van der Waals surface area contributed by atoms with Crippen LogP contribution in [0.2, 0.25) is 0 Å². The van der Waals surface area contributed by atoms with Crippen LogP contribution in [0.15, 0.2) is 75.7 Å². The number of anilines is 1. The van der Waals surface area contributed by atoms with Gasteiger partial charge in [-0.15, -0.1) is 0 Å². The summed E-state index contributed by atoms with van der Waals surface area (Å²) in [5.74, 6) is 2.45. The van der Waals surface area contributed by atoms with E-state index < -0.39 is 0 Å². The highest BCUT2D eigenvalue weighted by Crippen LogP contribution is 2.32. The van der Waals surface area contributed by atoms with Gasteiger partial charge in [-0.2, -0.15) is 4.98 Å². The van der Waals surface area contributed by atoms with E-state index in [1.54, 1.807) is 42.5 Å². The average Bonchev–Trinajstić information content (AvgIpc) is 3.48. The van der Waals surface area contributed by atoms with Crippen LogP contribution in [0.5, 0.6) is 17.2 Å². The Hall–Kier alpha value is -3.85. The number of fused-ring (bicyclic) bond motifs is 1. The molecule has 0 fully saturated rings. The number of carbonyl (C=O) groups excluding carboxylic acids is 1. The molecule has 1 aliphatic heterocycles. The van der Waals surface area contributed by atoms with E-state index in [1.807, 2.05) is 24.3 Å². The summed E-state index contributed by atoms with van der Waals surface area (Å²) in [4.78, 5) is 16.9. The number of nitrogens with zero attached hydrogens (tertiary/aromatic N) is 2. The molecule has 0 saturated heterocycles. The van der Waals surface area contributed by atoms with E-state index in [1.165, 1.54) is 0 Å². The monoisotopic (exact) mass is 493 g/mol. The number of amides is 1. The number of nitrogens with one attached hydrogen (secondary N) is 1. The van der Waals surface area contributed by atoms with Gasteiger partial charge in [-0.3, -0.25) is 4.79 Å². The van der Waals surface area contributed by atoms with Crippen molar-refractivity contribution in [2.75, 3.05) is 12.1 Å². The molecular weight excluding hydrogens is 478 g/mol. The summed E-state index contributed by atoms with van der Waals surface area (Å²) in [6.45, 7) is 0.328. The Morgan fingerprint density at radius 1 is 1.00 bits per heavy atom. The van der Waals surface area contributed by atoms with Crippen molar-refractivity contribution in [1.29, 1.82) is 0 Å². The molecule has 0 aliphatic carbocycles. The molecule has 3 aromatic carbocycles. The number of carbonyl (C=O) groups is 1. The van der Waals surface area contributed by atoms with Crippen molar-refractivity contribution in [3.8, 4) is 28.6 Å². The van der Waals surface area contributed by atoms with E-state index in [-0.39, 0.29) is 19.3 Å². The first-order valence-electron chi connectivity index (χ1n) is 9.66. The summed E-state index contributed by atoms with van der Waals surface area (Å²) in [7, 11) is 0. The van der Waals surface area contributed by atoms with Crippen molar-refractivity contribution in [2.45, 2.75) is 6.61 Å². The molecule has 0 atom stereocenters. The van der Waals surface area contributed by atoms with E-state index in [0.717, 1.165) is 10.0 Å². The molecule has 1 aliphatic rings. The number of hydrogen-bond acceptors (Lipinski definition) is 7. The average molecular weight is 494 g/mol. The predicted octanol–water partition coefficient (Wildman–Crippen LogP) is 5.06. The summed E-state index contributed by atoms with van der Waals surface area (Å²) in [6.07, 6.45) is 0. The lowest BCUT2D eigenvalue weighted by Crippen LogP contribution is -2.11. The summed E-state index contributed by atoms with van der Waals surface area (Å²) in [6, 6.07) is 19.7. The zero-order chi connectivity index (χ0) is 21.9. The van der Waals surface area contributed by atoms with Crippen molar-refractivity contribution in [3.05, 3.63) is 82.7 Å². The van der Waals surface area contributed by atoms with E-state index in [0.29, 0.717) is 40.2 Å². The fourth-order valence-electron chi connectivity index (χ4n) is 3.05. The molecule has 1 amide bonds. The van der Waals surface area contributed by atoms with Crippen molar-refractivity contribution in [1.82, 2.24) is 10.1 Å². The molecule has 0 saturated carbocycles. The van der Waals surface area contributed by atoms with Crippen LogP contribution >= 0.6 is 15.9 Å². The SMILES string of the molecule is O=C(Nc1ccc(-c2noc(COc3ccc(Br)cc3)n2)cc1)c1ccc2c(c1)OCO2. The number of ether oxygens (including phenoxy) is 3. The van der Waals surface area contributed by atoms with Gasteiger partial charge in [0.05, 0.1) is 0 Å². The lowest BCUT2D eigenvalue weighted by molar-refractivity contribution is 0.102. The lowest BCUT2D eigenvalue weighted by Gasteiger charge is -2.06. The fourth-order valence-corrected chi connectivity index (χ4v) is 3.31. The highest BCUT2D eigenvalue weighted by atomic mass is 79.9. The molecule has 0 bridgehead atoms. The Bertz CT molecular complexity index is 1260. The number of hydrogen-bond donors (Lipinski definition) is 1. The van der Waals surface area contributed by atoms with Crippen molar-refractivity contribution in [3.63, 3.8) is 0 Å². The molecule has 1 aromatic heterocycles. The third-order valence-corrected chi connectivity index (χ3v) is 5.21. The highest BCUT2D eigenvalue weighted by Gasteiger charge is 2.16. The smallest absolute Gasteiger partial charge is 0.264 e. The van der Waals surface area contributed by atoms with Gasteiger partial charge in [0.15, 0.2) is 18.1 Å². The molecule has 1 N–H and O–H groups in total. The van der Waals surface area contributed by atoms with E-state index in [9.17, 15) is 4.79 Å². The zero-order valence-corrected chi connectivity index (χ0v) is 18.2. The summed E-state index contributed by atoms with van der Waals surface area (Å²) < 4.78 is 22.5. The Morgan fingerprint density at radius 3 is 2.59 bits per heavy atom. The topological polar surface area (TPSA) is 95.7 Å². The fraction of sp³-hybridized carbons (Fsp3) is 0.0870. The van der Waals surface area contributed by atoms with Gasteiger partial charge in [0.2, 0.25) is 12.6 Å². The standard InChI is InChI=1S/C23H16BrN3O5/c24-16-4-8-18(9-5-16)29-12-21-26-22(27-32-21)14-1-6-17(7-2-14)25-23(28)15-3-10-19-20(11-15)31-13-30-19/h1-11H,12-13H2,(H,25,28). The molecule has 32 heavy (non-hydrogen) atoms. The maximum atomic E-state index is 12.5. The summed E-state index contributed by atoms with van der Waals surface area (Å²) in [5.41, 5.74) is 1.87. The quantitative estimate of drug-likeness (QED) is 0.401. The Kier molecular flexibility index (Phi) is 5.47. The van der Waals surface area contributed by atoms with Crippen molar-refractivity contribution < 1.29 is 23.5 Å². The van der Waals surface area contributed by atoms with Crippen LogP contribution in [0.1, 0.15) is 16.2 Å².